The van der Waals surface area contributed by atoms with Gasteiger partial charge in [-0.1, -0.05) is 57.2 Å². The van der Waals surface area contributed by atoms with E-state index in [1.807, 2.05) is 48.5 Å². The van der Waals surface area contributed by atoms with E-state index in [9.17, 15) is 9.59 Å². The molecule has 0 radical (unpaired) electrons. The lowest BCUT2D eigenvalue weighted by molar-refractivity contribution is -0.122. The molecule has 1 unspecified atom stereocenters. The zero-order chi connectivity index (χ0) is 18.0. The van der Waals surface area contributed by atoms with Crippen LogP contribution in [0.1, 0.15) is 32.8 Å². The monoisotopic (exact) mass is 336 g/mol. The number of carbonyl (C=O) groups excluding carboxylic acids is 2. The highest BCUT2D eigenvalue weighted by Gasteiger charge is 2.36. The molecular formula is C21H24N2O2. The summed E-state index contributed by atoms with van der Waals surface area (Å²) in [5.74, 6) is -0.430. The van der Waals surface area contributed by atoms with E-state index in [4.69, 9.17) is 0 Å². The molecule has 1 fully saturated rings. The maximum absolute atomic E-state index is 12.6. The maximum Gasteiger partial charge on any atom is 0.229 e. The van der Waals surface area contributed by atoms with Crippen molar-refractivity contribution >= 4 is 23.2 Å². The normalized spacial score (nSPS) is 17.6. The lowest BCUT2D eigenvalue weighted by Crippen LogP contribution is -2.30. The number of hydrogen-bond donors (Lipinski definition) is 1. The molecule has 0 saturated carbocycles. The van der Waals surface area contributed by atoms with Gasteiger partial charge in [0.15, 0.2) is 0 Å². The molecule has 2 amide bonds. The maximum atomic E-state index is 12.6. The second-order valence-electron chi connectivity index (χ2n) is 7.53. The van der Waals surface area contributed by atoms with E-state index in [1.165, 1.54) is 0 Å². The molecule has 4 heteroatoms. The number of nitrogens with zero attached hydrogens (tertiary/aromatic N) is 1. The van der Waals surface area contributed by atoms with Crippen LogP contribution in [0, 0.1) is 5.92 Å². The fourth-order valence-electron chi connectivity index (χ4n) is 3.23. The second kappa shape index (κ2) is 6.71. The molecule has 0 aliphatic carbocycles. The number of anilines is 2. The largest absolute Gasteiger partial charge is 0.326 e. The van der Waals surface area contributed by atoms with Gasteiger partial charge in [0, 0.05) is 24.3 Å². The summed E-state index contributed by atoms with van der Waals surface area (Å²) in [6, 6.07) is 17.3. The number of nitrogens with one attached hydrogen (secondary N) is 1. The van der Waals surface area contributed by atoms with Crippen molar-refractivity contribution in [1.82, 2.24) is 0 Å². The zero-order valence-electron chi connectivity index (χ0n) is 15.0. The molecule has 2 aromatic carbocycles. The topological polar surface area (TPSA) is 49.4 Å². The first-order chi connectivity index (χ1) is 11.9. The van der Waals surface area contributed by atoms with Crippen LogP contribution in [0.2, 0.25) is 0 Å². The number of amides is 2. The quantitative estimate of drug-likeness (QED) is 0.922. The molecule has 2 aromatic rings. The Bertz CT molecular complexity index is 778. The molecule has 1 atom stereocenters. The highest BCUT2D eigenvalue weighted by atomic mass is 16.2. The smallest absolute Gasteiger partial charge is 0.229 e. The highest BCUT2D eigenvalue weighted by Crippen LogP contribution is 2.35. The van der Waals surface area contributed by atoms with Crippen LogP contribution in [0.4, 0.5) is 11.4 Å². The summed E-state index contributed by atoms with van der Waals surface area (Å²) in [5.41, 5.74) is 2.72. The van der Waals surface area contributed by atoms with E-state index in [-0.39, 0.29) is 29.6 Å². The minimum Gasteiger partial charge on any atom is -0.326 e. The molecule has 4 nitrogen and oxygen atoms in total. The Hall–Kier alpha value is -2.62. The SMILES string of the molecule is CC(C)(C)c1ccccc1N1CC(C(=O)Nc2ccccc2)CC1=O. The summed E-state index contributed by atoms with van der Waals surface area (Å²) < 4.78 is 0. The first-order valence-electron chi connectivity index (χ1n) is 8.62. The molecule has 1 aliphatic heterocycles. The van der Waals surface area contributed by atoms with Gasteiger partial charge in [0.05, 0.1) is 5.92 Å². The number of hydrogen-bond acceptors (Lipinski definition) is 2. The summed E-state index contributed by atoms with van der Waals surface area (Å²) >= 11 is 0. The molecule has 1 N–H and O–H groups in total. The third-order valence-electron chi connectivity index (χ3n) is 4.54. The van der Waals surface area contributed by atoms with E-state index in [0.717, 1.165) is 16.9 Å². The van der Waals surface area contributed by atoms with Crippen molar-refractivity contribution < 1.29 is 9.59 Å². The van der Waals surface area contributed by atoms with Crippen molar-refractivity contribution in [2.24, 2.45) is 5.92 Å². The van der Waals surface area contributed by atoms with Crippen LogP contribution < -0.4 is 10.2 Å². The predicted octanol–water partition coefficient (Wildman–Crippen LogP) is 3.98. The third-order valence-corrected chi connectivity index (χ3v) is 4.54. The number of para-hydroxylation sites is 2. The van der Waals surface area contributed by atoms with Crippen molar-refractivity contribution in [1.29, 1.82) is 0 Å². The lowest BCUT2D eigenvalue weighted by Gasteiger charge is -2.27. The van der Waals surface area contributed by atoms with E-state index in [1.54, 1.807) is 4.90 Å². The van der Waals surface area contributed by atoms with Crippen molar-refractivity contribution in [2.45, 2.75) is 32.6 Å². The van der Waals surface area contributed by atoms with E-state index in [2.05, 4.69) is 32.2 Å². The average molecular weight is 336 g/mol. The first-order valence-corrected chi connectivity index (χ1v) is 8.62. The fourth-order valence-corrected chi connectivity index (χ4v) is 3.23. The van der Waals surface area contributed by atoms with Gasteiger partial charge in [0.2, 0.25) is 11.8 Å². The van der Waals surface area contributed by atoms with Crippen LogP contribution in [-0.4, -0.2) is 18.4 Å². The Balaban J connectivity index is 1.79. The lowest BCUT2D eigenvalue weighted by atomic mass is 9.85. The second-order valence-corrected chi connectivity index (χ2v) is 7.53. The van der Waals surface area contributed by atoms with Crippen molar-refractivity contribution in [2.75, 3.05) is 16.8 Å². The summed E-state index contributed by atoms with van der Waals surface area (Å²) in [7, 11) is 0. The van der Waals surface area contributed by atoms with Crippen molar-refractivity contribution in [3.63, 3.8) is 0 Å². The highest BCUT2D eigenvalue weighted by molar-refractivity contribution is 6.03. The number of rotatable bonds is 3. The van der Waals surface area contributed by atoms with E-state index >= 15 is 0 Å². The minimum atomic E-state index is -0.333. The number of carbonyl (C=O) groups is 2. The van der Waals surface area contributed by atoms with Gasteiger partial charge in [-0.05, 0) is 29.2 Å². The summed E-state index contributed by atoms with van der Waals surface area (Å²) in [4.78, 5) is 26.9. The Kier molecular flexibility index (Phi) is 4.62. The Morgan fingerprint density at radius 2 is 1.68 bits per heavy atom. The van der Waals surface area contributed by atoms with Gasteiger partial charge in [-0.25, -0.2) is 0 Å². The van der Waals surface area contributed by atoms with E-state index in [0.29, 0.717) is 6.54 Å². The fraction of sp³-hybridized carbons (Fsp3) is 0.333. The summed E-state index contributed by atoms with van der Waals surface area (Å²) in [5, 5.41) is 2.90. The van der Waals surface area contributed by atoms with Gasteiger partial charge in [0.25, 0.3) is 0 Å². The Morgan fingerprint density at radius 1 is 1.04 bits per heavy atom. The van der Waals surface area contributed by atoms with Crippen LogP contribution in [0.5, 0.6) is 0 Å². The molecule has 130 valence electrons. The first kappa shape index (κ1) is 17.2. The Morgan fingerprint density at radius 3 is 2.36 bits per heavy atom. The van der Waals surface area contributed by atoms with Crippen LogP contribution in [0.15, 0.2) is 54.6 Å². The van der Waals surface area contributed by atoms with Gasteiger partial charge in [-0.15, -0.1) is 0 Å². The van der Waals surface area contributed by atoms with Gasteiger partial charge >= 0.3 is 0 Å². The third kappa shape index (κ3) is 3.73. The molecule has 0 bridgehead atoms. The van der Waals surface area contributed by atoms with Crippen LogP contribution in [-0.2, 0) is 15.0 Å². The molecular weight excluding hydrogens is 312 g/mol. The van der Waals surface area contributed by atoms with Gasteiger partial charge in [-0.2, -0.15) is 0 Å². The van der Waals surface area contributed by atoms with Crippen LogP contribution >= 0.6 is 0 Å². The van der Waals surface area contributed by atoms with Gasteiger partial charge < -0.3 is 10.2 Å². The summed E-state index contributed by atoms with van der Waals surface area (Å²) in [6.07, 6.45) is 0.247. The molecule has 0 spiro atoms. The molecule has 3 rings (SSSR count). The molecule has 0 aromatic heterocycles. The van der Waals surface area contributed by atoms with Crippen LogP contribution in [0.25, 0.3) is 0 Å². The van der Waals surface area contributed by atoms with Crippen molar-refractivity contribution in [3.05, 3.63) is 60.2 Å². The molecule has 25 heavy (non-hydrogen) atoms. The van der Waals surface area contributed by atoms with Crippen molar-refractivity contribution in [3.8, 4) is 0 Å². The minimum absolute atomic E-state index is 0.00455. The van der Waals surface area contributed by atoms with Gasteiger partial charge in [-0.3, -0.25) is 9.59 Å². The zero-order valence-corrected chi connectivity index (χ0v) is 15.0. The molecule has 1 saturated heterocycles. The predicted molar refractivity (Wildman–Crippen MR) is 101 cm³/mol. The molecule has 1 heterocycles. The summed E-state index contributed by atoms with van der Waals surface area (Å²) in [6.45, 7) is 6.81. The average Bonchev–Trinajstić information content (AvgIpc) is 2.97. The Labute approximate surface area is 148 Å². The van der Waals surface area contributed by atoms with Crippen LogP contribution in [0.3, 0.4) is 0 Å². The van der Waals surface area contributed by atoms with E-state index < -0.39 is 0 Å². The molecule has 1 aliphatic rings. The van der Waals surface area contributed by atoms with Gasteiger partial charge in [0.1, 0.15) is 0 Å². The standard InChI is InChI=1S/C21H24N2O2/c1-21(2,3)17-11-7-8-12-18(17)23-14-15(13-19(23)24)20(25)22-16-9-5-4-6-10-16/h4-12,15H,13-14H2,1-3H3,(H,22,25). The number of benzene rings is 2.